The molecule has 23 heavy (non-hydrogen) atoms. The summed E-state index contributed by atoms with van der Waals surface area (Å²) in [4.78, 5) is 25.3. The first kappa shape index (κ1) is 17.6. The molecule has 7 nitrogen and oxygen atoms in total. The van der Waals surface area contributed by atoms with Gasteiger partial charge in [0.15, 0.2) is 5.65 Å². The number of nitrogens with zero attached hydrogens (tertiary/aromatic N) is 4. The van der Waals surface area contributed by atoms with Gasteiger partial charge in [-0.2, -0.15) is 5.10 Å². The molecule has 2 rings (SSSR count). The van der Waals surface area contributed by atoms with Crippen LogP contribution in [-0.2, 0) is 19.6 Å². The highest BCUT2D eigenvalue weighted by molar-refractivity contribution is 6.17. The number of aromatic nitrogens is 4. The molecule has 0 fully saturated rings. The van der Waals surface area contributed by atoms with Crippen molar-refractivity contribution in [2.75, 3.05) is 11.6 Å². The van der Waals surface area contributed by atoms with Crippen LogP contribution < -0.4 is 17.0 Å². The van der Waals surface area contributed by atoms with Crippen LogP contribution in [0.5, 0.6) is 0 Å². The van der Waals surface area contributed by atoms with E-state index in [4.69, 9.17) is 17.3 Å². The Hall–Kier alpha value is -1.76. The average molecular weight is 342 g/mol. The first-order valence-electron chi connectivity index (χ1n) is 7.97. The summed E-state index contributed by atoms with van der Waals surface area (Å²) in [5.74, 6) is 1.04. The summed E-state index contributed by atoms with van der Waals surface area (Å²) in [6, 6.07) is 0. The number of aryl methyl sites for hydroxylation is 2. The molecule has 128 valence electrons. The van der Waals surface area contributed by atoms with Crippen LogP contribution in [0.3, 0.4) is 0 Å². The number of alkyl halides is 1. The van der Waals surface area contributed by atoms with Crippen molar-refractivity contribution in [2.45, 2.75) is 53.2 Å². The van der Waals surface area contributed by atoms with Gasteiger partial charge in [0.05, 0.1) is 6.54 Å². The summed E-state index contributed by atoms with van der Waals surface area (Å²) in [6.07, 6.45) is 1.52. The summed E-state index contributed by atoms with van der Waals surface area (Å²) in [5, 5.41) is 4.67. The molecule has 0 atom stereocenters. The third-order valence-electron chi connectivity index (χ3n) is 3.82. The zero-order valence-electron chi connectivity index (χ0n) is 13.9. The van der Waals surface area contributed by atoms with Crippen molar-refractivity contribution in [3.05, 3.63) is 20.8 Å². The van der Waals surface area contributed by atoms with Crippen LogP contribution in [0.2, 0.25) is 0 Å². The summed E-state index contributed by atoms with van der Waals surface area (Å²) < 4.78 is 4.32. The lowest BCUT2D eigenvalue weighted by atomic mass is 10.1. The number of halogens is 1. The third-order valence-corrected chi connectivity index (χ3v) is 3.99. The van der Waals surface area contributed by atoms with Gasteiger partial charge in [-0.15, -0.1) is 11.6 Å². The zero-order chi connectivity index (χ0) is 17.1. The summed E-state index contributed by atoms with van der Waals surface area (Å²) in [5.41, 5.74) is 5.75. The van der Waals surface area contributed by atoms with E-state index >= 15 is 0 Å². The number of hydrogen-bond acceptors (Lipinski definition) is 4. The summed E-state index contributed by atoms with van der Waals surface area (Å²) in [7, 11) is 0. The van der Waals surface area contributed by atoms with Gasteiger partial charge in [0.25, 0.3) is 5.56 Å². The third kappa shape index (κ3) is 3.29. The van der Waals surface area contributed by atoms with E-state index in [1.165, 1.54) is 9.25 Å². The maximum absolute atomic E-state index is 12.7. The quantitative estimate of drug-likeness (QED) is 0.775. The molecule has 0 aromatic carbocycles. The molecule has 0 spiro atoms. The second-order valence-corrected chi connectivity index (χ2v) is 6.45. The lowest BCUT2D eigenvalue weighted by Crippen LogP contribution is -2.40. The predicted octanol–water partition coefficient (Wildman–Crippen LogP) is 1.64. The molecule has 0 unspecified atom stereocenters. The van der Waals surface area contributed by atoms with Crippen molar-refractivity contribution in [2.24, 2.45) is 5.92 Å². The molecular weight excluding hydrogens is 318 g/mol. The molecule has 2 N–H and O–H groups in total. The van der Waals surface area contributed by atoms with E-state index in [2.05, 4.69) is 18.9 Å². The van der Waals surface area contributed by atoms with Crippen molar-refractivity contribution >= 4 is 28.5 Å². The van der Waals surface area contributed by atoms with E-state index < -0.39 is 0 Å². The van der Waals surface area contributed by atoms with Gasteiger partial charge >= 0.3 is 5.69 Å². The number of fused-ring (bicyclic) bond motifs is 1. The van der Waals surface area contributed by atoms with E-state index in [0.717, 1.165) is 6.42 Å². The highest BCUT2D eigenvalue weighted by Gasteiger charge is 2.20. The molecule has 2 aromatic heterocycles. The van der Waals surface area contributed by atoms with Gasteiger partial charge in [-0.3, -0.25) is 13.9 Å². The molecule has 0 amide bonds. The number of rotatable bonds is 7. The molecule has 0 aliphatic heterocycles. The highest BCUT2D eigenvalue weighted by atomic mass is 35.5. The molecule has 8 heteroatoms. The fraction of sp³-hybridized carbons (Fsp3) is 0.667. The van der Waals surface area contributed by atoms with Crippen LogP contribution >= 0.6 is 11.6 Å². The predicted molar refractivity (Wildman–Crippen MR) is 93.1 cm³/mol. The number of nitrogens with two attached hydrogens (primary N) is 1. The Morgan fingerprint density at radius 1 is 1.17 bits per heavy atom. The van der Waals surface area contributed by atoms with E-state index in [0.29, 0.717) is 48.9 Å². The van der Waals surface area contributed by atoms with Gasteiger partial charge in [0, 0.05) is 19.0 Å². The Bertz CT molecular complexity index is 803. The van der Waals surface area contributed by atoms with Crippen LogP contribution in [0.15, 0.2) is 9.59 Å². The summed E-state index contributed by atoms with van der Waals surface area (Å²) in [6.45, 7) is 7.38. The van der Waals surface area contributed by atoms with Gasteiger partial charge in [0.2, 0.25) is 0 Å². The molecule has 0 aliphatic carbocycles. The molecule has 0 radical (unpaired) electrons. The van der Waals surface area contributed by atoms with Gasteiger partial charge in [-0.1, -0.05) is 20.8 Å². The number of nitrogen functional groups attached to an aromatic ring is 1. The van der Waals surface area contributed by atoms with Crippen molar-refractivity contribution in [1.29, 1.82) is 0 Å². The zero-order valence-corrected chi connectivity index (χ0v) is 14.6. The first-order valence-corrected chi connectivity index (χ1v) is 8.51. The van der Waals surface area contributed by atoms with Gasteiger partial charge in [-0.05, 0) is 18.8 Å². The van der Waals surface area contributed by atoms with Crippen LogP contribution in [0, 0.1) is 5.92 Å². The van der Waals surface area contributed by atoms with Crippen LogP contribution in [0.4, 0.5) is 5.82 Å². The molecule has 0 saturated heterocycles. The Morgan fingerprint density at radius 2 is 1.87 bits per heavy atom. The Morgan fingerprint density at radius 3 is 2.43 bits per heavy atom. The minimum atomic E-state index is -0.369. The standard InChI is InChI=1S/C15H24ClN5O2/c1-4-7-20-14(22)11-12(17)21(9-6-16)18-13(11)19(15(20)23)8-5-10(2)3/h10H,4-9,17H2,1-3H3. The molecule has 2 aromatic rings. The minimum Gasteiger partial charge on any atom is -0.383 e. The van der Waals surface area contributed by atoms with E-state index in [-0.39, 0.29) is 17.1 Å². The lowest BCUT2D eigenvalue weighted by Gasteiger charge is -2.11. The number of anilines is 1. The average Bonchev–Trinajstić information content (AvgIpc) is 2.81. The Labute approximate surface area is 139 Å². The molecule has 0 saturated carbocycles. The normalized spacial score (nSPS) is 11.7. The molecule has 2 heterocycles. The maximum Gasteiger partial charge on any atom is 0.332 e. The molecule has 0 bridgehead atoms. The molecular formula is C15H24ClN5O2. The van der Waals surface area contributed by atoms with E-state index in [1.54, 1.807) is 4.57 Å². The smallest absolute Gasteiger partial charge is 0.332 e. The van der Waals surface area contributed by atoms with Gasteiger partial charge < -0.3 is 5.73 Å². The van der Waals surface area contributed by atoms with Crippen molar-refractivity contribution in [3.8, 4) is 0 Å². The van der Waals surface area contributed by atoms with Crippen molar-refractivity contribution < 1.29 is 0 Å². The Kier molecular flexibility index (Phi) is 5.51. The highest BCUT2D eigenvalue weighted by Crippen LogP contribution is 2.17. The maximum atomic E-state index is 12.7. The molecule has 0 aliphatic rings. The van der Waals surface area contributed by atoms with E-state index in [1.807, 2.05) is 6.92 Å². The topological polar surface area (TPSA) is 87.8 Å². The van der Waals surface area contributed by atoms with Crippen LogP contribution in [0.1, 0.15) is 33.6 Å². The van der Waals surface area contributed by atoms with Crippen LogP contribution in [0.25, 0.3) is 11.0 Å². The SMILES string of the molecule is CCCn1c(=O)c2c(N)n(CCCl)nc2n(CCC(C)C)c1=O. The summed E-state index contributed by atoms with van der Waals surface area (Å²) >= 11 is 5.76. The second-order valence-electron chi connectivity index (χ2n) is 6.07. The van der Waals surface area contributed by atoms with E-state index in [9.17, 15) is 9.59 Å². The first-order chi connectivity index (χ1) is 10.9. The minimum absolute atomic E-state index is 0.272. The van der Waals surface area contributed by atoms with Gasteiger partial charge in [-0.25, -0.2) is 9.48 Å². The van der Waals surface area contributed by atoms with Gasteiger partial charge in [0.1, 0.15) is 11.2 Å². The fourth-order valence-corrected chi connectivity index (χ4v) is 2.73. The van der Waals surface area contributed by atoms with Crippen molar-refractivity contribution in [1.82, 2.24) is 18.9 Å². The van der Waals surface area contributed by atoms with Crippen molar-refractivity contribution in [3.63, 3.8) is 0 Å². The largest absolute Gasteiger partial charge is 0.383 e. The lowest BCUT2D eigenvalue weighted by molar-refractivity contribution is 0.486. The second kappa shape index (κ2) is 7.21. The van der Waals surface area contributed by atoms with Crippen LogP contribution in [-0.4, -0.2) is 24.8 Å². The Balaban J connectivity index is 2.77. The monoisotopic (exact) mass is 341 g/mol. The fourth-order valence-electron chi connectivity index (χ4n) is 2.57. The number of hydrogen-bond donors (Lipinski definition) is 1.